The van der Waals surface area contributed by atoms with Gasteiger partial charge >= 0.3 is 0 Å². The van der Waals surface area contributed by atoms with E-state index in [0.717, 1.165) is 5.02 Å². The lowest BCUT2D eigenvalue weighted by Gasteiger charge is -2.21. The number of rotatable bonds is 2. The van der Waals surface area contributed by atoms with Crippen molar-refractivity contribution in [2.75, 3.05) is 0 Å². The van der Waals surface area contributed by atoms with Crippen LogP contribution in [0.1, 0.15) is 42.9 Å². The second-order valence-electron chi connectivity index (χ2n) is 4.57. The van der Waals surface area contributed by atoms with Crippen LogP contribution >= 0.6 is 11.6 Å². The molecule has 15 heavy (non-hydrogen) atoms. The molecule has 0 heterocycles. The predicted molar refractivity (Wildman–Crippen MR) is 65.1 cm³/mol. The molecule has 2 N–H and O–H groups in total. The first-order valence-corrected chi connectivity index (χ1v) is 6.08. The lowest BCUT2D eigenvalue weighted by Crippen LogP contribution is -2.20. The SMILES string of the molecule is Cc1cc(Cl)ccc1C(N)C1CCCC1. The highest BCUT2D eigenvalue weighted by molar-refractivity contribution is 6.30. The van der Waals surface area contributed by atoms with Crippen molar-refractivity contribution < 1.29 is 0 Å². The van der Waals surface area contributed by atoms with E-state index in [0.29, 0.717) is 5.92 Å². The quantitative estimate of drug-likeness (QED) is 0.810. The van der Waals surface area contributed by atoms with E-state index >= 15 is 0 Å². The molecule has 1 aliphatic carbocycles. The minimum Gasteiger partial charge on any atom is -0.324 e. The molecule has 1 aliphatic rings. The summed E-state index contributed by atoms with van der Waals surface area (Å²) in [6.45, 7) is 2.09. The van der Waals surface area contributed by atoms with Gasteiger partial charge in [0.2, 0.25) is 0 Å². The first kappa shape index (κ1) is 11.0. The zero-order valence-corrected chi connectivity index (χ0v) is 9.93. The van der Waals surface area contributed by atoms with Gasteiger partial charge < -0.3 is 5.73 Å². The van der Waals surface area contributed by atoms with Crippen molar-refractivity contribution in [2.24, 2.45) is 11.7 Å². The van der Waals surface area contributed by atoms with Gasteiger partial charge in [-0.2, -0.15) is 0 Å². The fraction of sp³-hybridized carbons (Fsp3) is 0.538. The van der Waals surface area contributed by atoms with Crippen LogP contribution in [0.3, 0.4) is 0 Å². The summed E-state index contributed by atoms with van der Waals surface area (Å²) in [5.41, 5.74) is 8.80. The van der Waals surface area contributed by atoms with Crippen molar-refractivity contribution in [2.45, 2.75) is 38.6 Å². The first-order chi connectivity index (χ1) is 7.18. The van der Waals surface area contributed by atoms with E-state index in [4.69, 9.17) is 17.3 Å². The van der Waals surface area contributed by atoms with Gasteiger partial charge in [-0.05, 0) is 48.9 Å². The number of halogens is 1. The van der Waals surface area contributed by atoms with Crippen molar-refractivity contribution in [1.82, 2.24) is 0 Å². The fourth-order valence-electron chi connectivity index (χ4n) is 2.58. The number of benzene rings is 1. The second kappa shape index (κ2) is 4.54. The molecule has 0 amide bonds. The highest BCUT2D eigenvalue weighted by Gasteiger charge is 2.24. The average Bonchev–Trinajstić information content (AvgIpc) is 2.69. The van der Waals surface area contributed by atoms with Crippen LogP contribution in [0.5, 0.6) is 0 Å². The normalized spacial score (nSPS) is 19.4. The monoisotopic (exact) mass is 223 g/mol. The van der Waals surface area contributed by atoms with E-state index in [9.17, 15) is 0 Å². The Hall–Kier alpha value is -0.530. The third-order valence-electron chi connectivity index (χ3n) is 3.50. The molecule has 0 bridgehead atoms. The molecular weight excluding hydrogens is 206 g/mol. The Morgan fingerprint density at radius 1 is 1.33 bits per heavy atom. The highest BCUT2D eigenvalue weighted by atomic mass is 35.5. The first-order valence-electron chi connectivity index (χ1n) is 5.70. The van der Waals surface area contributed by atoms with Gasteiger partial charge in [0.25, 0.3) is 0 Å². The highest BCUT2D eigenvalue weighted by Crippen LogP contribution is 2.35. The minimum absolute atomic E-state index is 0.199. The van der Waals surface area contributed by atoms with Crippen molar-refractivity contribution >= 4 is 11.6 Å². The van der Waals surface area contributed by atoms with Gasteiger partial charge in [0.05, 0.1) is 0 Å². The lowest BCUT2D eigenvalue weighted by molar-refractivity contribution is 0.443. The van der Waals surface area contributed by atoms with Gasteiger partial charge in [-0.25, -0.2) is 0 Å². The van der Waals surface area contributed by atoms with E-state index in [1.165, 1.54) is 36.8 Å². The molecule has 1 atom stereocenters. The van der Waals surface area contributed by atoms with E-state index in [-0.39, 0.29) is 6.04 Å². The predicted octanol–water partition coefficient (Wildman–Crippen LogP) is 3.84. The summed E-state index contributed by atoms with van der Waals surface area (Å²) in [6.07, 6.45) is 5.24. The molecule has 2 heteroatoms. The van der Waals surface area contributed by atoms with Crippen molar-refractivity contribution in [3.05, 3.63) is 34.3 Å². The van der Waals surface area contributed by atoms with Gasteiger partial charge in [-0.3, -0.25) is 0 Å². The van der Waals surface area contributed by atoms with Crippen LogP contribution in [0.15, 0.2) is 18.2 Å². The summed E-state index contributed by atoms with van der Waals surface area (Å²) in [5, 5.41) is 0.801. The molecule has 82 valence electrons. The largest absolute Gasteiger partial charge is 0.324 e. The third kappa shape index (κ3) is 2.35. The standard InChI is InChI=1S/C13H18ClN/c1-9-8-11(14)6-7-12(9)13(15)10-4-2-3-5-10/h6-8,10,13H,2-5,15H2,1H3. The minimum atomic E-state index is 0.199. The van der Waals surface area contributed by atoms with Gasteiger partial charge in [-0.15, -0.1) is 0 Å². The zero-order valence-electron chi connectivity index (χ0n) is 9.17. The molecule has 1 unspecified atom stereocenters. The van der Waals surface area contributed by atoms with Gasteiger partial charge in [0.1, 0.15) is 0 Å². The third-order valence-corrected chi connectivity index (χ3v) is 3.73. The molecular formula is C13H18ClN. The van der Waals surface area contributed by atoms with Gasteiger partial charge in [0, 0.05) is 11.1 Å². The van der Waals surface area contributed by atoms with Crippen LogP contribution in [0.25, 0.3) is 0 Å². The van der Waals surface area contributed by atoms with Gasteiger partial charge in [0.15, 0.2) is 0 Å². The summed E-state index contributed by atoms with van der Waals surface area (Å²) < 4.78 is 0. The summed E-state index contributed by atoms with van der Waals surface area (Å²) in [4.78, 5) is 0. The van der Waals surface area contributed by atoms with Crippen LogP contribution < -0.4 is 5.73 Å². The Labute approximate surface area is 96.6 Å². The van der Waals surface area contributed by atoms with E-state index in [2.05, 4.69) is 13.0 Å². The van der Waals surface area contributed by atoms with Crippen LogP contribution in [0.4, 0.5) is 0 Å². The zero-order chi connectivity index (χ0) is 10.8. The molecule has 0 spiro atoms. The maximum absolute atomic E-state index is 6.31. The molecule has 0 radical (unpaired) electrons. The summed E-state index contributed by atoms with van der Waals surface area (Å²) in [7, 11) is 0. The summed E-state index contributed by atoms with van der Waals surface area (Å²) in [6, 6.07) is 6.23. The van der Waals surface area contributed by atoms with Gasteiger partial charge in [-0.1, -0.05) is 30.5 Å². The molecule has 1 aromatic rings. The van der Waals surface area contributed by atoms with Crippen LogP contribution in [-0.4, -0.2) is 0 Å². The van der Waals surface area contributed by atoms with Crippen molar-refractivity contribution in [3.63, 3.8) is 0 Å². The summed E-state index contributed by atoms with van der Waals surface area (Å²) in [5.74, 6) is 0.671. The molecule has 1 aromatic carbocycles. The van der Waals surface area contributed by atoms with Crippen LogP contribution in [0.2, 0.25) is 5.02 Å². The number of hydrogen-bond acceptors (Lipinski definition) is 1. The summed E-state index contributed by atoms with van der Waals surface area (Å²) >= 11 is 5.94. The Bertz CT molecular complexity index is 342. The number of aryl methyl sites for hydroxylation is 1. The lowest BCUT2D eigenvalue weighted by atomic mass is 9.90. The van der Waals surface area contributed by atoms with Crippen LogP contribution in [0, 0.1) is 12.8 Å². The molecule has 0 saturated heterocycles. The van der Waals surface area contributed by atoms with E-state index < -0.39 is 0 Å². The fourth-order valence-corrected chi connectivity index (χ4v) is 2.81. The Morgan fingerprint density at radius 3 is 2.60 bits per heavy atom. The molecule has 0 aliphatic heterocycles. The Kier molecular flexibility index (Phi) is 3.32. The molecule has 2 rings (SSSR count). The molecule has 1 nitrogen and oxygen atoms in total. The Morgan fingerprint density at radius 2 is 2.00 bits per heavy atom. The maximum atomic E-state index is 6.31. The van der Waals surface area contributed by atoms with Crippen LogP contribution in [-0.2, 0) is 0 Å². The van der Waals surface area contributed by atoms with Crippen molar-refractivity contribution in [1.29, 1.82) is 0 Å². The average molecular weight is 224 g/mol. The smallest absolute Gasteiger partial charge is 0.0408 e. The topological polar surface area (TPSA) is 26.0 Å². The number of hydrogen-bond donors (Lipinski definition) is 1. The number of nitrogens with two attached hydrogens (primary N) is 1. The molecule has 1 fully saturated rings. The Balaban J connectivity index is 2.20. The second-order valence-corrected chi connectivity index (χ2v) is 5.01. The molecule has 0 aromatic heterocycles. The maximum Gasteiger partial charge on any atom is 0.0408 e. The molecule has 1 saturated carbocycles. The van der Waals surface area contributed by atoms with E-state index in [1.54, 1.807) is 0 Å². The van der Waals surface area contributed by atoms with Crippen molar-refractivity contribution in [3.8, 4) is 0 Å². The van der Waals surface area contributed by atoms with E-state index in [1.807, 2.05) is 12.1 Å².